The third-order valence-electron chi connectivity index (χ3n) is 2.31. The number of aromatic nitrogens is 4. The number of nitrogens with zero attached hydrogens (tertiary/aromatic N) is 4. The van der Waals surface area contributed by atoms with E-state index < -0.39 is 0 Å². The first-order chi connectivity index (χ1) is 8.00. The minimum absolute atomic E-state index is 0.0887. The summed E-state index contributed by atoms with van der Waals surface area (Å²) in [6, 6.07) is 1.59. The van der Waals surface area contributed by atoms with E-state index in [2.05, 4.69) is 31.0 Å². The summed E-state index contributed by atoms with van der Waals surface area (Å²) in [6.45, 7) is 3.80. The Hall–Kier alpha value is -1.76. The molecule has 0 aromatic carbocycles. The van der Waals surface area contributed by atoms with Crippen molar-refractivity contribution < 1.29 is 0 Å². The quantitative estimate of drug-likeness (QED) is 0.645. The van der Waals surface area contributed by atoms with E-state index >= 15 is 0 Å². The van der Waals surface area contributed by atoms with Crippen LogP contribution in [-0.4, -0.2) is 25.6 Å². The second-order valence-electron chi connectivity index (χ2n) is 3.55. The molecule has 0 saturated heterocycles. The van der Waals surface area contributed by atoms with Gasteiger partial charge in [-0.3, -0.25) is 5.41 Å². The molecule has 6 nitrogen and oxygen atoms in total. The zero-order chi connectivity index (χ0) is 12.6. The Bertz CT molecular complexity index is 588. The van der Waals surface area contributed by atoms with Gasteiger partial charge in [0, 0.05) is 6.20 Å². The highest BCUT2D eigenvalue weighted by Crippen LogP contribution is 2.21. The lowest BCUT2D eigenvalue weighted by Gasteiger charge is -2.03. The Morgan fingerprint density at radius 1 is 1.47 bits per heavy atom. The van der Waals surface area contributed by atoms with Gasteiger partial charge in [0.05, 0.1) is 15.9 Å². The first-order valence-electron chi connectivity index (χ1n) is 4.90. The van der Waals surface area contributed by atoms with Crippen LogP contribution in [0.1, 0.15) is 17.1 Å². The molecule has 3 N–H and O–H groups in total. The molecule has 88 valence electrons. The molecule has 2 heterocycles. The van der Waals surface area contributed by atoms with Crippen molar-refractivity contribution in [2.24, 2.45) is 5.73 Å². The van der Waals surface area contributed by atoms with Crippen LogP contribution in [0.4, 0.5) is 0 Å². The molecule has 0 aliphatic heterocycles. The maximum absolute atomic E-state index is 7.34. The van der Waals surface area contributed by atoms with Gasteiger partial charge in [0.15, 0.2) is 0 Å². The fourth-order valence-corrected chi connectivity index (χ4v) is 1.67. The van der Waals surface area contributed by atoms with Crippen molar-refractivity contribution in [3.63, 3.8) is 0 Å². The molecule has 0 atom stereocenters. The number of nitrogens with two attached hydrogens (primary N) is 1. The van der Waals surface area contributed by atoms with Gasteiger partial charge in [-0.2, -0.15) is 5.10 Å². The molecule has 0 amide bonds. The zero-order valence-electron chi connectivity index (χ0n) is 9.40. The standard InChI is InChI=1S/C10H11BrN6/c1-5-8(11)6(2)17(16-5)10-14-4-3-7(15-10)9(12)13/h3-4H,1-2H3,(H3,12,13). The number of hydrogen-bond donors (Lipinski definition) is 2. The maximum atomic E-state index is 7.34. The van der Waals surface area contributed by atoms with E-state index in [1.165, 1.54) is 0 Å². The molecule has 2 aromatic rings. The lowest BCUT2D eigenvalue weighted by molar-refractivity contribution is 0.771. The largest absolute Gasteiger partial charge is 0.382 e. The fraction of sp³-hybridized carbons (Fsp3) is 0.200. The van der Waals surface area contributed by atoms with Crippen molar-refractivity contribution in [1.82, 2.24) is 19.7 Å². The van der Waals surface area contributed by atoms with Gasteiger partial charge in [0.2, 0.25) is 0 Å². The van der Waals surface area contributed by atoms with E-state index in [4.69, 9.17) is 11.1 Å². The number of halogens is 1. The zero-order valence-corrected chi connectivity index (χ0v) is 11.0. The SMILES string of the molecule is Cc1nn(-c2nccc(C(=N)N)n2)c(C)c1Br. The van der Waals surface area contributed by atoms with Gasteiger partial charge in [0.1, 0.15) is 11.5 Å². The van der Waals surface area contributed by atoms with E-state index in [1.54, 1.807) is 16.9 Å². The van der Waals surface area contributed by atoms with Crippen molar-refractivity contribution in [3.05, 3.63) is 33.8 Å². The average molecular weight is 295 g/mol. The number of hydrogen-bond acceptors (Lipinski definition) is 4. The Balaban J connectivity index is 2.56. The fourth-order valence-electron chi connectivity index (χ4n) is 1.42. The van der Waals surface area contributed by atoms with E-state index in [0.717, 1.165) is 15.9 Å². The lowest BCUT2D eigenvalue weighted by Crippen LogP contribution is -2.15. The molecule has 0 fully saturated rings. The molecular weight excluding hydrogens is 284 g/mol. The van der Waals surface area contributed by atoms with Crippen LogP contribution >= 0.6 is 15.9 Å². The normalized spacial score (nSPS) is 10.5. The van der Waals surface area contributed by atoms with Crippen LogP contribution in [0.5, 0.6) is 0 Å². The summed E-state index contributed by atoms with van der Waals surface area (Å²) in [6.07, 6.45) is 1.56. The van der Waals surface area contributed by atoms with Gasteiger partial charge >= 0.3 is 0 Å². The maximum Gasteiger partial charge on any atom is 0.251 e. The summed E-state index contributed by atoms with van der Waals surface area (Å²) < 4.78 is 2.54. The second-order valence-corrected chi connectivity index (χ2v) is 4.35. The van der Waals surface area contributed by atoms with Gasteiger partial charge in [-0.15, -0.1) is 0 Å². The Kier molecular flexibility index (Phi) is 2.93. The molecule has 7 heteroatoms. The summed E-state index contributed by atoms with van der Waals surface area (Å²) in [7, 11) is 0. The summed E-state index contributed by atoms with van der Waals surface area (Å²) in [4.78, 5) is 8.30. The molecule has 0 aliphatic carbocycles. The Morgan fingerprint density at radius 3 is 2.71 bits per heavy atom. The van der Waals surface area contributed by atoms with Crippen LogP contribution in [0.2, 0.25) is 0 Å². The first-order valence-corrected chi connectivity index (χ1v) is 5.69. The van der Waals surface area contributed by atoms with Crippen LogP contribution in [0.3, 0.4) is 0 Å². The van der Waals surface area contributed by atoms with Crippen LogP contribution in [-0.2, 0) is 0 Å². The van der Waals surface area contributed by atoms with E-state index in [9.17, 15) is 0 Å². The highest BCUT2D eigenvalue weighted by atomic mass is 79.9. The highest BCUT2D eigenvalue weighted by Gasteiger charge is 2.12. The van der Waals surface area contributed by atoms with Gasteiger partial charge < -0.3 is 5.73 Å². The highest BCUT2D eigenvalue weighted by molar-refractivity contribution is 9.10. The minimum atomic E-state index is -0.0887. The molecule has 0 spiro atoms. The van der Waals surface area contributed by atoms with Gasteiger partial charge in [-0.05, 0) is 35.8 Å². The Labute approximate surface area is 107 Å². The lowest BCUT2D eigenvalue weighted by atomic mass is 10.4. The Morgan fingerprint density at radius 2 is 2.18 bits per heavy atom. The third-order valence-corrected chi connectivity index (χ3v) is 3.46. The molecular formula is C10H11BrN6. The summed E-state index contributed by atoms with van der Waals surface area (Å²) in [5.74, 6) is 0.318. The van der Waals surface area contributed by atoms with Gasteiger partial charge in [0.25, 0.3) is 5.95 Å². The molecule has 0 bridgehead atoms. The van der Waals surface area contributed by atoms with Crippen molar-refractivity contribution in [2.75, 3.05) is 0 Å². The molecule has 0 saturated carbocycles. The number of nitrogen functional groups attached to an aromatic ring is 1. The first kappa shape index (κ1) is 11.7. The van der Waals surface area contributed by atoms with Crippen LogP contribution < -0.4 is 5.73 Å². The van der Waals surface area contributed by atoms with Crippen molar-refractivity contribution in [3.8, 4) is 5.95 Å². The molecule has 2 aromatic heterocycles. The smallest absolute Gasteiger partial charge is 0.251 e. The number of rotatable bonds is 2. The van der Waals surface area contributed by atoms with E-state index in [0.29, 0.717) is 11.6 Å². The van der Waals surface area contributed by atoms with E-state index in [-0.39, 0.29) is 5.84 Å². The second kappa shape index (κ2) is 4.25. The van der Waals surface area contributed by atoms with Crippen LogP contribution in [0.15, 0.2) is 16.7 Å². The topological polar surface area (TPSA) is 93.5 Å². The minimum Gasteiger partial charge on any atom is -0.382 e. The number of nitrogens with one attached hydrogen (secondary N) is 1. The summed E-state index contributed by atoms with van der Waals surface area (Å²) in [5, 5.41) is 11.7. The predicted molar refractivity (Wildman–Crippen MR) is 67.3 cm³/mol. The monoisotopic (exact) mass is 294 g/mol. The van der Waals surface area contributed by atoms with Crippen molar-refractivity contribution in [2.45, 2.75) is 13.8 Å². The molecule has 2 rings (SSSR count). The van der Waals surface area contributed by atoms with Gasteiger partial charge in [-0.1, -0.05) is 0 Å². The van der Waals surface area contributed by atoms with Crippen LogP contribution in [0.25, 0.3) is 5.95 Å². The van der Waals surface area contributed by atoms with Crippen molar-refractivity contribution >= 4 is 21.8 Å². The number of amidine groups is 1. The van der Waals surface area contributed by atoms with Crippen LogP contribution in [0, 0.1) is 19.3 Å². The molecule has 0 radical (unpaired) electrons. The average Bonchev–Trinajstić information content (AvgIpc) is 2.57. The third kappa shape index (κ3) is 2.05. The molecule has 0 unspecified atom stereocenters. The van der Waals surface area contributed by atoms with Crippen molar-refractivity contribution in [1.29, 1.82) is 5.41 Å². The predicted octanol–water partition coefficient (Wildman–Crippen LogP) is 1.33. The number of aryl methyl sites for hydroxylation is 1. The summed E-state index contributed by atoms with van der Waals surface area (Å²) in [5.41, 5.74) is 7.54. The summed E-state index contributed by atoms with van der Waals surface area (Å²) >= 11 is 3.44. The molecule has 17 heavy (non-hydrogen) atoms. The van der Waals surface area contributed by atoms with E-state index in [1.807, 2.05) is 13.8 Å². The molecule has 0 aliphatic rings. The van der Waals surface area contributed by atoms with Gasteiger partial charge in [-0.25, -0.2) is 14.6 Å².